The van der Waals surface area contributed by atoms with Gasteiger partial charge >= 0.3 is 0 Å². The van der Waals surface area contributed by atoms with E-state index >= 15 is 0 Å². The smallest absolute Gasteiger partial charge is 0.119 e. The molecule has 0 saturated carbocycles. The van der Waals surface area contributed by atoms with Crippen molar-refractivity contribution in [1.82, 2.24) is 0 Å². The molecule has 1 aliphatic rings. The molecule has 0 aliphatic heterocycles. The number of rotatable bonds is 8. The van der Waals surface area contributed by atoms with Crippen molar-refractivity contribution < 1.29 is 9.47 Å². The highest BCUT2D eigenvalue weighted by Gasteiger charge is 2.47. The number of anilines is 2. The summed E-state index contributed by atoms with van der Waals surface area (Å²) >= 11 is 0. The monoisotopic (exact) mass is 492 g/mol. The molecule has 0 amide bonds. The van der Waals surface area contributed by atoms with Crippen molar-refractivity contribution in [2.45, 2.75) is 46.0 Å². The number of fused-ring (bicyclic) bond motifs is 3. The minimum atomic E-state index is -0.583. The summed E-state index contributed by atoms with van der Waals surface area (Å²) in [6.07, 6.45) is 1.71. The Bertz CT molecular complexity index is 1350. The van der Waals surface area contributed by atoms with Crippen LogP contribution in [-0.4, -0.2) is 13.2 Å². The highest BCUT2D eigenvalue weighted by molar-refractivity contribution is 5.87. The molecule has 0 aromatic heterocycles. The Morgan fingerprint density at radius 1 is 0.568 bits per heavy atom. The van der Waals surface area contributed by atoms with Gasteiger partial charge in [-0.2, -0.15) is 0 Å². The predicted octanol–water partition coefficient (Wildman–Crippen LogP) is 7.14. The molecule has 0 unspecified atom stereocenters. The van der Waals surface area contributed by atoms with Gasteiger partial charge in [0.05, 0.1) is 18.6 Å². The first-order valence-corrected chi connectivity index (χ1v) is 13.3. The van der Waals surface area contributed by atoms with Gasteiger partial charge in [-0.25, -0.2) is 0 Å². The Morgan fingerprint density at radius 2 is 1.00 bits per heavy atom. The van der Waals surface area contributed by atoms with E-state index in [-0.39, 0.29) is 0 Å². The van der Waals surface area contributed by atoms with Gasteiger partial charge in [0, 0.05) is 11.4 Å². The molecule has 0 spiro atoms. The van der Waals surface area contributed by atoms with Gasteiger partial charge in [0.2, 0.25) is 0 Å². The number of ether oxygens (including phenoxy) is 2. The number of aryl methyl sites for hydroxylation is 2. The number of nitrogen functional groups attached to an aromatic ring is 2. The molecule has 4 aromatic rings. The minimum absolute atomic E-state index is 0.583. The van der Waals surface area contributed by atoms with E-state index in [0.29, 0.717) is 13.2 Å². The van der Waals surface area contributed by atoms with E-state index in [2.05, 4.69) is 74.5 Å². The standard InChI is InChI=1S/C33H36N2O2/c1-5-21-17-23(9-15-31(21)34)33(24-10-16-32(35)22(6-2)18-24)29-19-25(36-7-3)11-13-27(29)28-14-12-26(37-8-4)20-30(28)33/h9-20H,5-8,34-35H2,1-4H3. The van der Waals surface area contributed by atoms with Crippen LogP contribution in [0.2, 0.25) is 0 Å². The maximum Gasteiger partial charge on any atom is 0.119 e. The van der Waals surface area contributed by atoms with Crippen LogP contribution in [0.5, 0.6) is 11.5 Å². The van der Waals surface area contributed by atoms with Crippen LogP contribution < -0.4 is 20.9 Å². The fourth-order valence-corrected chi connectivity index (χ4v) is 5.87. The van der Waals surface area contributed by atoms with Crippen LogP contribution in [0.4, 0.5) is 11.4 Å². The van der Waals surface area contributed by atoms with Gasteiger partial charge in [-0.15, -0.1) is 0 Å². The molecule has 0 bridgehead atoms. The maximum atomic E-state index is 6.41. The van der Waals surface area contributed by atoms with Gasteiger partial charge < -0.3 is 20.9 Å². The van der Waals surface area contributed by atoms with Gasteiger partial charge in [-0.05, 0) is 108 Å². The van der Waals surface area contributed by atoms with E-state index in [4.69, 9.17) is 20.9 Å². The van der Waals surface area contributed by atoms with Gasteiger partial charge in [0.15, 0.2) is 0 Å². The third kappa shape index (κ3) is 3.92. The van der Waals surface area contributed by atoms with Crippen LogP contribution in [0.1, 0.15) is 61.1 Å². The van der Waals surface area contributed by atoms with Crippen molar-refractivity contribution in [3.05, 3.63) is 106 Å². The van der Waals surface area contributed by atoms with Crippen LogP contribution in [0.15, 0.2) is 72.8 Å². The second kappa shape index (κ2) is 9.85. The van der Waals surface area contributed by atoms with Crippen LogP contribution >= 0.6 is 0 Å². The lowest BCUT2D eigenvalue weighted by atomic mass is 9.67. The third-order valence-electron chi connectivity index (χ3n) is 7.62. The lowest BCUT2D eigenvalue weighted by Crippen LogP contribution is -2.29. The van der Waals surface area contributed by atoms with Gasteiger partial charge in [0.25, 0.3) is 0 Å². The van der Waals surface area contributed by atoms with E-state index in [1.807, 2.05) is 26.0 Å². The van der Waals surface area contributed by atoms with Crippen molar-refractivity contribution in [1.29, 1.82) is 0 Å². The summed E-state index contributed by atoms with van der Waals surface area (Å²) in [6, 6.07) is 25.9. The third-order valence-corrected chi connectivity index (χ3v) is 7.62. The first-order valence-electron chi connectivity index (χ1n) is 13.3. The van der Waals surface area contributed by atoms with Crippen molar-refractivity contribution >= 4 is 11.4 Å². The summed E-state index contributed by atoms with van der Waals surface area (Å²) in [5.74, 6) is 1.72. The Labute approximate surface area is 220 Å². The summed E-state index contributed by atoms with van der Waals surface area (Å²) in [6.45, 7) is 9.55. The minimum Gasteiger partial charge on any atom is -0.494 e. The van der Waals surface area contributed by atoms with Crippen LogP contribution in [0.25, 0.3) is 11.1 Å². The average molecular weight is 493 g/mol. The summed E-state index contributed by atoms with van der Waals surface area (Å²) in [4.78, 5) is 0. The van der Waals surface area contributed by atoms with Crippen LogP contribution in [0.3, 0.4) is 0 Å². The largest absolute Gasteiger partial charge is 0.494 e. The van der Waals surface area contributed by atoms with E-state index in [9.17, 15) is 0 Å². The van der Waals surface area contributed by atoms with Gasteiger partial charge in [-0.3, -0.25) is 0 Å². The second-order valence-electron chi connectivity index (χ2n) is 9.57. The molecule has 4 aromatic carbocycles. The topological polar surface area (TPSA) is 70.5 Å². The quantitative estimate of drug-likeness (QED) is 0.226. The summed E-state index contributed by atoms with van der Waals surface area (Å²) < 4.78 is 12.0. The molecule has 0 heterocycles. The van der Waals surface area contributed by atoms with E-state index < -0.39 is 5.41 Å². The average Bonchev–Trinajstić information content (AvgIpc) is 3.19. The van der Waals surface area contributed by atoms with E-state index in [0.717, 1.165) is 46.8 Å². The van der Waals surface area contributed by atoms with Gasteiger partial charge in [-0.1, -0.05) is 50.2 Å². The zero-order valence-electron chi connectivity index (χ0n) is 22.2. The molecule has 4 N–H and O–H groups in total. The van der Waals surface area contributed by atoms with Crippen molar-refractivity contribution in [3.8, 4) is 22.6 Å². The fraction of sp³-hybridized carbons (Fsp3) is 0.273. The molecule has 0 saturated heterocycles. The molecule has 0 atom stereocenters. The molecular weight excluding hydrogens is 456 g/mol. The highest BCUT2D eigenvalue weighted by atomic mass is 16.5. The van der Waals surface area contributed by atoms with E-state index in [1.165, 1.54) is 33.4 Å². The highest BCUT2D eigenvalue weighted by Crippen LogP contribution is 2.58. The molecular formula is C33H36N2O2. The molecule has 1 aliphatic carbocycles. The lowest BCUT2D eigenvalue weighted by Gasteiger charge is -2.35. The van der Waals surface area contributed by atoms with Crippen LogP contribution in [0, 0.1) is 0 Å². The Balaban J connectivity index is 1.95. The number of benzene rings is 4. The zero-order chi connectivity index (χ0) is 26.2. The molecule has 4 heteroatoms. The zero-order valence-corrected chi connectivity index (χ0v) is 22.2. The van der Waals surface area contributed by atoms with Crippen molar-refractivity contribution in [2.24, 2.45) is 0 Å². The van der Waals surface area contributed by atoms with Crippen molar-refractivity contribution in [2.75, 3.05) is 24.7 Å². The maximum absolute atomic E-state index is 6.41. The molecule has 5 rings (SSSR count). The normalized spacial score (nSPS) is 13.2. The first kappa shape index (κ1) is 24.8. The first-order chi connectivity index (χ1) is 18.0. The second-order valence-corrected chi connectivity index (χ2v) is 9.57. The number of nitrogens with two attached hydrogens (primary N) is 2. The number of hydrogen-bond donors (Lipinski definition) is 2. The molecule has 0 fully saturated rings. The Kier molecular flexibility index (Phi) is 6.59. The fourth-order valence-electron chi connectivity index (χ4n) is 5.87. The Morgan fingerprint density at radius 3 is 1.38 bits per heavy atom. The predicted molar refractivity (Wildman–Crippen MR) is 154 cm³/mol. The van der Waals surface area contributed by atoms with Gasteiger partial charge in [0.1, 0.15) is 11.5 Å². The molecule has 4 nitrogen and oxygen atoms in total. The summed E-state index contributed by atoms with van der Waals surface area (Å²) in [5.41, 5.74) is 23.3. The van der Waals surface area contributed by atoms with Crippen LogP contribution in [-0.2, 0) is 18.3 Å². The number of hydrogen-bond acceptors (Lipinski definition) is 4. The van der Waals surface area contributed by atoms with E-state index in [1.54, 1.807) is 0 Å². The summed E-state index contributed by atoms with van der Waals surface area (Å²) in [5, 5.41) is 0. The lowest BCUT2D eigenvalue weighted by molar-refractivity contribution is 0.339. The molecule has 0 radical (unpaired) electrons. The molecule has 190 valence electrons. The SMILES string of the molecule is CCOc1ccc2c(c1)C(c1ccc(N)c(CC)c1)(c1ccc(N)c(CC)c1)c1cc(OCC)ccc1-2. The molecule has 37 heavy (non-hydrogen) atoms. The van der Waals surface area contributed by atoms with Crippen molar-refractivity contribution in [3.63, 3.8) is 0 Å². The summed E-state index contributed by atoms with van der Waals surface area (Å²) in [7, 11) is 0. The Hall–Kier alpha value is -3.92.